The number of nitriles is 1. The zero-order valence-electron chi connectivity index (χ0n) is 27.5. The van der Waals surface area contributed by atoms with E-state index in [0.29, 0.717) is 70.5 Å². The van der Waals surface area contributed by atoms with E-state index in [4.69, 9.17) is 31.0 Å². The Morgan fingerprint density at radius 2 is 1.92 bits per heavy atom. The number of piperazine rings is 1. The van der Waals surface area contributed by atoms with Crippen molar-refractivity contribution in [3.05, 3.63) is 40.0 Å². The number of ether oxygens (including phenoxy) is 2. The Hall–Kier alpha value is -3.82. The van der Waals surface area contributed by atoms with E-state index in [-0.39, 0.29) is 41.6 Å². The van der Waals surface area contributed by atoms with Gasteiger partial charge in [-0.3, -0.25) is 9.69 Å². The van der Waals surface area contributed by atoms with Gasteiger partial charge in [-0.15, -0.1) is 0 Å². The van der Waals surface area contributed by atoms with Crippen LogP contribution >= 0.6 is 11.6 Å². The summed E-state index contributed by atoms with van der Waals surface area (Å²) in [6.07, 6.45) is -2.09. The lowest BCUT2D eigenvalue weighted by atomic mass is 10.0. The fourth-order valence-electron chi connectivity index (χ4n) is 6.99. The predicted molar refractivity (Wildman–Crippen MR) is 177 cm³/mol. The number of aromatic nitrogens is 2. The minimum atomic E-state index is -4.63. The average molecular weight is 701 g/mol. The minimum absolute atomic E-state index is 0.00296. The molecule has 15 heteroatoms. The number of hydrogen-bond acceptors (Lipinski definition) is 10. The van der Waals surface area contributed by atoms with Crippen LogP contribution in [0.4, 0.5) is 24.7 Å². The number of anilines is 2. The summed E-state index contributed by atoms with van der Waals surface area (Å²) in [6, 6.07) is 6.35. The molecule has 2 atom stereocenters. The number of morpholine rings is 1. The molecule has 0 aliphatic carbocycles. The summed E-state index contributed by atoms with van der Waals surface area (Å²) in [6.45, 7) is 6.16. The number of benzene rings is 1. The first-order valence-corrected chi connectivity index (χ1v) is 17.0. The van der Waals surface area contributed by atoms with Gasteiger partial charge >= 0.3 is 12.2 Å². The Morgan fingerprint density at radius 3 is 2.65 bits per heavy atom. The first kappa shape index (κ1) is 35.0. The number of halogens is 4. The quantitative estimate of drug-likeness (QED) is 0.400. The first-order valence-electron chi connectivity index (χ1n) is 16.7. The molecule has 5 heterocycles. The van der Waals surface area contributed by atoms with Crippen LogP contribution in [0.15, 0.2) is 18.2 Å². The third-order valence-corrected chi connectivity index (χ3v) is 10.0. The number of carbonyl (C=O) groups is 1. The standard InChI is InChI=1S/C34H40ClF3N8O3/c1-42-12-3-5-25(42)23-49-33-40-28-22-44(29-7-2-6-27(35)31(29)34(36,37)38)14-10-26(28)32(41-33)45-15-16-46(24(21-45)9-11-39)30(47)8-4-13-43-17-19-48-20-18-43/h2,6-7,24-25H,3,5,9-10,12-23H2,1H3/t24-,25-/m0/s1. The van der Waals surface area contributed by atoms with Crippen LogP contribution in [0.25, 0.3) is 0 Å². The van der Waals surface area contributed by atoms with Crippen molar-refractivity contribution in [2.75, 3.05) is 89.0 Å². The van der Waals surface area contributed by atoms with Crippen LogP contribution in [-0.2, 0) is 28.7 Å². The summed E-state index contributed by atoms with van der Waals surface area (Å²) in [5.74, 6) is 6.06. The zero-order valence-corrected chi connectivity index (χ0v) is 28.3. The van der Waals surface area contributed by atoms with Crippen molar-refractivity contribution in [2.45, 2.75) is 50.5 Å². The fourth-order valence-corrected chi connectivity index (χ4v) is 7.27. The Labute approximate surface area is 289 Å². The summed E-state index contributed by atoms with van der Waals surface area (Å²) < 4.78 is 53.9. The van der Waals surface area contributed by atoms with Crippen molar-refractivity contribution < 1.29 is 27.4 Å². The molecule has 3 saturated heterocycles. The van der Waals surface area contributed by atoms with E-state index < -0.39 is 17.8 Å². The molecule has 2 aromatic rings. The smallest absolute Gasteiger partial charge is 0.419 e. The van der Waals surface area contributed by atoms with Crippen molar-refractivity contribution in [3.63, 3.8) is 0 Å². The van der Waals surface area contributed by atoms with Crippen LogP contribution in [0.3, 0.4) is 0 Å². The third kappa shape index (κ3) is 8.15. The molecule has 0 saturated carbocycles. The van der Waals surface area contributed by atoms with Gasteiger partial charge in [-0.05, 0) is 50.9 Å². The van der Waals surface area contributed by atoms with Gasteiger partial charge in [0, 0.05) is 50.9 Å². The Morgan fingerprint density at radius 1 is 1.10 bits per heavy atom. The van der Waals surface area contributed by atoms with Gasteiger partial charge in [-0.1, -0.05) is 23.6 Å². The number of rotatable bonds is 7. The topological polar surface area (TPSA) is 101 Å². The highest BCUT2D eigenvalue weighted by Crippen LogP contribution is 2.43. The van der Waals surface area contributed by atoms with Crippen molar-refractivity contribution in [3.8, 4) is 23.9 Å². The lowest BCUT2D eigenvalue weighted by Gasteiger charge is -2.42. The first-order chi connectivity index (χ1) is 23.6. The molecule has 0 radical (unpaired) electrons. The summed E-state index contributed by atoms with van der Waals surface area (Å²) in [7, 11) is 2.05. The monoisotopic (exact) mass is 700 g/mol. The molecule has 0 unspecified atom stereocenters. The Kier molecular flexibility index (Phi) is 11.0. The van der Waals surface area contributed by atoms with Gasteiger partial charge in [0.2, 0.25) is 0 Å². The van der Waals surface area contributed by atoms with E-state index in [1.807, 2.05) is 11.9 Å². The summed E-state index contributed by atoms with van der Waals surface area (Å²) in [4.78, 5) is 32.5. The van der Waals surface area contributed by atoms with Crippen molar-refractivity contribution in [1.29, 1.82) is 5.26 Å². The van der Waals surface area contributed by atoms with Gasteiger partial charge in [-0.25, -0.2) is 0 Å². The average Bonchev–Trinajstić information content (AvgIpc) is 3.50. The highest BCUT2D eigenvalue weighted by molar-refractivity contribution is 6.31. The van der Waals surface area contributed by atoms with Crippen LogP contribution in [0.5, 0.6) is 6.01 Å². The van der Waals surface area contributed by atoms with E-state index >= 15 is 0 Å². The molecular weight excluding hydrogens is 661 g/mol. The van der Waals surface area contributed by atoms with Crippen LogP contribution in [0.1, 0.15) is 36.1 Å². The fraction of sp³-hybridized carbons (Fsp3) is 0.588. The second-order valence-electron chi connectivity index (χ2n) is 12.8. The Bertz CT molecular complexity index is 1620. The molecule has 0 bridgehead atoms. The number of hydrogen-bond donors (Lipinski definition) is 0. The van der Waals surface area contributed by atoms with Crippen LogP contribution in [0.2, 0.25) is 5.02 Å². The molecule has 3 fully saturated rings. The van der Waals surface area contributed by atoms with Crippen LogP contribution in [-0.4, -0.2) is 122 Å². The maximum Gasteiger partial charge on any atom is 0.419 e. The van der Waals surface area contributed by atoms with Crippen molar-refractivity contribution in [1.82, 2.24) is 24.7 Å². The van der Waals surface area contributed by atoms with Crippen molar-refractivity contribution >= 4 is 29.0 Å². The molecule has 1 amide bonds. The number of likely N-dealkylation sites (N-methyl/N-ethyl adjacent to an activating group) is 1. The van der Waals surface area contributed by atoms with E-state index in [1.54, 1.807) is 9.80 Å². The molecule has 11 nitrogen and oxygen atoms in total. The normalized spacial score (nSPS) is 21.9. The number of carbonyl (C=O) groups excluding carboxylic acids is 1. The third-order valence-electron chi connectivity index (χ3n) is 9.69. The maximum atomic E-state index is 14.1. The molecule has 0 spiro atoms. The second-order valence-corrected chi connectivity index (χ2v) is 13.2. The summed E-state index contributed by atoms with van der Waals surface area (Å²) in [5, 5.41) is 9.33. The van der Waals surface area contributed by atoms with Crippen molar-refractivity contribution in [2.24, 2.45) is 0 Å². The number of fused-ring (bicyclic) bond motifs is 1. The molecule has 262 valence electrons. The Balaban J connectivity index is 1.25. The van der Waals surface area contributed by atoms with Gasteiger partial charge in [0.1, 0.15) is 12.4 Å². The predicted octanol–water partition coefficient (Wildman–Crippen LogP) is 3.45. The van der Waals surface area contributed by atoms with Gasteiger partial charge in [0.15, 0.2) is 0 Å². The molecule has 4 aliphatic rings. The summed E-state index contributed by atoms with van der Waals surface area (Å²) in [5.41, 5.74) is 0.515. The number of amides is 1. The van der Waals surface area contributed by atoms with Gasteiger partial charge in [0.25, 0.3) is 5.91 Å². The van der Waals surface area contributed by atoms with E-state index in [0.717, 1.165) is 38.0 Å². The summed E-state index contributed by atoms with van der Waals surface area (Å²) >= 11 is 6.07. The molecule has 1 aromatic carbocycles. The minimum Gasteiger partial charge on any atom is -0.462 e. The largest absolute Gasteiger partial charge is 0.462 e. The lowest BCUT2D eigenvalue weighted by Crippen LogP contribution is -2.55. The SMILES string of the molecule is CN1CCC[C@H]1COc1nc2c(c(N3CCN(C(=O)C#CCN4CCOCC4)[C@@H](CC#N)C3)n1)CCN(c1cccc(Cl)c1C(F)(F)F)C2. The second kappa shape index (κ2) is 15.4. The van der Waals surface area contributed by atoms with Gasteiger partial charge in [0.05, 0.1) is 66.8 Å². The van der Waals surface area contributed by atoms with Gasteiger partial charge in [-0.2, -0.15) is 28.4 Å². The molecule has 0 N–H and O–H groups in total. The zero-order chi connectivity index (χ0) is 34.5. The van der Waals surface area contributed by atoms with E-state index in [1.165, 1.54) is 18.2 Å². The van der Waals surface area contributed by atoms with Crippen LogP contribution in [0, 0.1) is 23.2 Å². The van der Waals surface area contributed by atoms with Crippen LogP contribution < -0.4 is 14.5 Å². The number of nitrogens with zero attached hydrogens (tertiary/aromatic N) is 8. The molecule has 6 rings (SSSR count). The van der Waals surface area contributed by atoms with E-state index in [9.17, 15) is 23.2 Å². The number of likely N-dealkylation sites (tertiary alicyclic amines) is 1. The number of alkyl halides is 3. The highest BCUT2D eigenvalue weighted by Gasteiger charge is 2.39. The van der Waals surface area contributed by atoms with Gasteiger partial charge < -0.3 is 29.1 Å². The molecule has 49 heavy (non-hydrogen) atoms. The molecule has 4 aliphatic heterocycles. The maximum absolute atomic E-state index is 14.1. The molecule has 1 aromatic heterocycles. The molecular formula is C34H40ClF3N8O3. The highest BCUT2D eigenvalue weighted by atomic mass is 35.5. The lowest BCUT2D eigenvalue weighted by molar-refractivity contribution is -0.137. The van der Waals surface area contributed by atoms with E-state index in [2.05, 4.69) is 27.7 Å².